The third-order valence-corrected chi connectivity index (χ3v) is 3.42. The van der Waals surface area contributed by atoms with Crippen molar-refractivity contribution in [2.24, 2.45) is 5.73 Å². The summed E-state index contributed by atoms with van der Waals surface area (Å²) in [7, 11) is 0. The number of amides is 1. The number of hydrogen-bond acceptors (Lipinski definition) is 2. The lowest BCUT2D eigenvalue weighted by atomic mass is 10.1. The fraction of sp³-hybridized carbons (Fsp3) is 0.133. The molecule has 0 aliphatic rings. The lowest BCUT2D eigenvalue weighted by Crippen LogP contribution is -2.33. The fourth-order valence-corrected chi connectivity index (χ4v) is 2.33. The van der Waals surface area contributed by atoms with Crippen LogP contribution < -0.4 is 11.1 Å². The molecule has 0 aromatic heterocycles. The third kappa shape index (κ3) is 3.65. The van der Waals surface area contributed by atoms with E-state index in [1.54, 1.807) is 24.3 Å². The van der Waals surface area contributed by atoms with Crippen LogP contribution in [-0.4, -0.2) is 5.91 Å². The number of rotatable bonds is 5. The Morgan fingerprint density at radius 3 is 2.60 bits per heavy atom. The maximum absolute atomic E-state index is 13.6. The van der Waals surface area contributed by atoms with Crippen molar-refractivity contribution in [1.29, 1.82) is 0 Å². The predicted molar refractivity (Wildman–Crippen MR) is 79.3 cm³/mol. The van der Waals surface area contributed by atoms with Crippen LogP contribution in [0.15, 0.2) is 53.0 Å². The average molecular weight is 337 g/mol. The van der Waals surface area contributed by atoms with Gasteiger partial charge in [-0.2, -0.15) is 0 Å². The maximum atomic E-state index is 13.6. The molecule has 0 unspecified atom stereocenters. The number of benzene rings is 2. The summed E-state index contributed by atoms with van der Waals surface area (Å²) < 4.78 is 14.4. The van der Waals surface area contributed by atoms with Gasteiger partial charge in [0.2, 0.25) is 5.91 Å². The first-order chi connectivity index (χ1) is 9.58. The molecule has 0 radical (unpaired) electrons. The summed E-state index contributed by atoms with van der Waals surface area (Å²) in [6, 6.07) is 13.2. The van der Waals surface area contributed by atoms with E-state index in [4.69, 9.17) is 5.73 Å². The largest absolute Gasteiger partial charge is 0.368 e. The zero-order valence-corrected chi connectivity index (χ0v) is 12.2. The van der Waals surface area contributed by atoms with Crippen molar-refractivity contribution in [1.82, 2.24) is 5.32 Å². The van der Waals surface area contributed by atoms with Crippen molar-refractivity contribution in [2.75, 3.05) is 0 Å². The molecular weight excluding hydrogens is 323 g/mol. The summed E-state index contributed by atoms with van der Waals surface area (Å²) in [5.41, 5.74) is 6.63. The Balaban J connectivity index is 2.14. The molecule has 0 bridgehead atoms. The number of hydrogen-bond donors (Lipinski definition) is 2. The van der Waals surface area contributed by atoms with Crippen molar-refractivity contribution in [3.8, 4) is 0 Å². The number of carbonyl (C=O) groups is 1. The molecule has 0 saturated carbocycles. The second kappa shape index (κ2) is 6.63. The minimum Gasteiger partial charge on any atom is -0.368 e. The standard InChI is InChI=1S/C15H14BrFN2O/c16-12-6-7-13(17)11(8-12)9-19-14(15(18)20)10-4-2-1-3-5-10/h1-8,14,19H,9H2,(H2,18,20)/t14-/m0/s1. The monoisotopic (exact) mass is 336 g/mol. The second-order valence-corrected chi connectivity index (χ2v) is 5.28. The van der Waals surface area contributed by atoms with Crippen LogP contribution in [0.2, 0.25) is 0 Å². The predicted octanol–water partition coefficient (Wildman–Crippen LogP) is 2.90. The van der Waals surface area contributed by atoms with Gasteiger partial charge < -0.3 is 5.73 Å². The molecule has 1 atom stereocenters. The van der Waals surface area contributed by atoms with Gasteiger partial charge in [-0.25, -0.2) is 4.39 Å². The molecule has 2 aromatic carbocycles. The molecular formula is C15H14BrFN2O. The van der Waals surface area contributed by atoms with Crippen LogP contribution in [0.5, 0.6) is 0 Å². The topological polar surface area (TPSA) is 55.1 Å². The summed E-state index contributed by atoms with van der Waals surface area (Å²) in [5, 5.41) is 2.98. The summed E-state index contributed by atoms with van der Waals surface area (Å²) in [4.78, 5) is 11.5. The minimum absolute atomic E-state index is 0.216. The smallest absolute Gasteiger partial charge is 0.239 e. The average Bonchev–Trinajstić information content (AvgIpc) is 2.43. The highest BCUT2D eigenvalue weighted by molar-refractivity contribution is 9.10. The van der Waals surface area contributed by atoms with E-state index in [-0.39, 0.29) is 12.4 Å². The van der Waals surface area contributed by atoms with Crippen LogP contribution in [-0.2, 0) is 11.3 Å². The van der Waals surface area contributed by atoms with Gasteiger partial charge in [0.05, 0.1) is 0 Å². The van der Waals surface area contributed by atoms with Crippen molar-refractivity contribution < 1.29 is 9.18 Å². The fourth-order valence-electron chi connectivity index (χ4n) is 1.92. The van der Waals surface area contributed by atoms with E-state index >= 15 is 0 Å². The lowest BCUT2D eigenvalue weighted by Gasteiger charge is -2.16. The molecule has 0 aliphatic heterocycles. The lowest BCUT2D eigenvalue weighted by molar-refractivity contribution is -0.120. The second-order valence-electron chi connectivity index (χ2n) is 4.36. The summed E-state index contributed by atoms with van der Waals surface area (Å²) >= 11 is 3.29. The first-order valence-electron chi connectivity index (χ1n) is 6.09. The molecule has 1 amide bonds. The molecule has 0 saturated heterocycles. The van der Waals surface area contributed by atoms with Gasteiger partial charge in [0.1, 0.15) is 11.9 Å². The normalized spacial score (nSPS) is 12.1. The molecule has 20 heavy (non-hydrogen) atoms. The Kier molecular flexibility index (Phi) is 4.87. The number of halogens is 2. The number of nitrogens with two attached hydrogens (primary N) is 1. The maximum Gasteiger partial charge on any atom is 0.239 e. The van der Waals surface area contributed by atoms with Gasteiger partial charge in [-0.3, -0.25) is 10.1 Å². The van der Waals surface area contributed by atoms with Gasteiger partial charge in [-0.05, 0) is 23.8 Å². The highest BCUT2D eigenvalue weighted by Gasteiger charge is 2.17. The Labute approximate surface area is 125 Å². The minimum atomic E-state index is -0.644. The van der Waals surface area contributed by atoms with Crippen molar-refractivity contribution in [3.05, 3.63) is 69.9 Å². The highest BCUT2D eigenvalue weighted by atomic mass is 79.9. The Morgan fingerprint density at radius 2 is 1.95 bits per heavy atom. The quantitative estimate of drug-likeness (QED) is 0.881. The van der Waals surface area contributed by atoms with Crippen LogP contribution in [0.1, 0.15) is 17.2 Å². The van der Waals surface area contributed by atoms with E-state index in [2.05, 4.69) is 21.2 Å². The van der Waals surface area contributed by atoms with Gasteiger partial charge in [-0.15, -0.1) is 0 Å². The van der Waals surface area contributed by atoms with Crippen LogP contribution in [0.25, 0.3) is 0 Å². The molecule has 2 aromatic rings. The summed E-state index contributed by atoms with van der Waals surface area (Å²) in [6.07, 6.45) is 0. The molecule has 0 aliphatic carbocycles. The van der Waals surface area contributed by atoms with Crippen molar-refractivity contribution in [3.63, 3.8) is 0 Å². The molecule has 3 N–H and O–H groups in total. The number of nitrogens with one attached hydrogen (secondary N) is 1. The molecule has 5 heteroatoms. The SMILES string of the molecule is NC(=O)[C@@H](NCc1cc(Br)ccc1F)c1ccccc1. The van der Waals surface area contributed by atoms with Crippen molar-refractivity contribution in [2.45, 2.75) is 12.6 Å². The Morgan fingerprint density at radius 1 is 1.25 bits per heavy atom. The van der Waals surface area contributed by atoms with Crippen LogP contribution in [0.3, 0.4) is 0 Å². The molecule has 3 nitrogen and oxygen atoms in total. The molecule has 0 fully saturated rings. The first kappa shape index (κ1) is 14.7. The van der Waals surface area contributed by atoms with Gasteiger partial charge in [0.25, 0.3) is 0 Å². The van der Waals surface area contributed by atoms with E-state index in [9.17, 15) is 9.18 Å². The van der Waals surface area contributed by atoms with Gasteiger partial charge in [0, 0.05) is 16.6 Å². The van der Waals surface area contributed by atoms with Gasteiger partial charge >= 0.3 is 0 Å². The van der Waals surface area contributed by atoms with E-state index in [1.807, 2.05) is 18.2 Å². The van der Waals surface area contributed by atoms with E-state index in [1.165, 1.54) is 6.07 Å². The van der Waals surface area contributed by atoms with Crippen LogP contribution in [0.4, 0.5) is 4.39 Å². The number of primary amides is 1. The Bertz CT molecular complexity index is 604. The van der Waals surface area contributed by atoms with Crippen LogP contribution >= 0.6 is 15.9 Å². The summed E-state index contributed by atoms with van der Waals surface area (Å²) in [6.45, 7) is 0.216. The van der Waals surface area contributed by atoms with E-state index in [0.29, 0.717) is 5.56 Å². The number of carbonyl (C=O) groups excluding carboxylic acids is 1. The molecule has 0 spiro atoms. The summed E-state index contributed by atoms with van der Waals surface area (Å²) in [5.74, 6) is -0.816. The Hall–Kier alpha value is -1.72. The third-order valence-electron chi connectivity index (χ3n) is 2.92. The van der Waals surface area contributed by atoms with Crippen LogP contribution in [0, 0.1) is 5.82 Å². The van der Waals surface area contributed by atoms with E-state index in [0.717, 1.165) is 10.0 Å². The van der Waals surface area contributed by atoms with Crippen molar-refractivity contribution >= 4 is 21.8 Å². The molecule has 0 heterocycles. The van der Waals surface area contributed by atoms with E-state index < -0.39 is 11.9 Å². The molecule has 104 valence electrons. The molecule has 2 rings (SSSR count). The zero-order valence-electron chi connectivity index (χ0n) is 10.6. The zero-order chi connectivity index (χ0) is 14.5. The van der Waals surface area contributed by atoms with Gasteiger partial charge in [0.15, 0.2) is 0 Å². The van der Waals surface area contributed by atoms with Gasteiger partial charge in [-0.1, -0.05) is 46.3 Å². The highest BCUT2D eigenvalue weighted by Crippen LogP contribution is 2.17. The first-order valence-corrected chi connectivity index (χ1v) is 6.89.